The van der Waals surface area contributed by atoms with Crippen LogP contribution in [0.1, 0.15) is 24.3 Å². The minimum absolute atomic E-state index is 0.507. The molecular formula is C18H20N4O2. The molecule has 0 atom stereocenters. The van der Waals surface area contributed by atoms with Gasteiger partial charge in [-0.25, -0.2) is 4.98 Å². The summed E-state index contributed by atoms with van der Waals surface area (Å²) in [7, 11) is 2.16. The van der Waals surface area contributed by atoms with Crippen molar-refractivity contribution < 1.29 is 9.21 Å². The molecule has 6 heteroatoms. The highest BCUT2D eigenvalue weighted by Crippen LogP contribution is 2.36. The predicted molar refractivity (Wildman–Crippen MR) is 92.5 cm³/mol. The fourth-order valence-electron chi connectivity index (χ4n) is 3.45. The molecule has 2 aromatic heterocycles. The Morgan fingerprint density at radius 2 is 2.21 bits per heavy atom. The van der Waals surface area contributed by atoms with Gasteiger partial charge in [0, 0.05) is 17.1 Å². The largest absolute Gasteiger partial charge is 0.464 e. The van der Waals surface area contributed by atoms with E-state index in [1.54, 1.807) is 12.5 Å². The van der Waals surface area contributed by atoms with Crippen molar-refractivity contribution in [2.24, 2.45) is 0 Å². The highest BCUT2D eigenvalue weighted by molar-refractivity contribution is 5.91. The second-order valence-corrected chi connectivity index (χ2v) is 6.35. The van der Waals surface area contributed by atoms with Gasteiger partial charge >= 0.3 is 0 Å². The highest BCUT2D eigenvalue weighted by Gasteiger charge is 2.22. The molecule has 6 nitrogen and oxygen atoms in total. The van der Waals surface area contributed by atoms with E-state index in [-0.39, 0.29) is 0 Å². The summed E-state index contributed by atoms with van der Waals surface area (Å²) in [6.07, 6.45) is 8.19. The van der Waals surface area contributed by atoms with E-state index >= 15 is 0 Å². The number of carbonyl (C=O) groups excluding carboxylic acids is 1. The van der Waals surface area contributed by atoms with E-state index in [4.69, 9.17) is 4.42 Å². The van der Waals surface area contributed by atoms with Gasteiger partial charge in [0.2, 0.25) is 6.41 Å². The van der Waals surface area contributed by atoms with Crippen LogP contribution in [-0.2, 0) is 4.79 Å². The first kappa shape index (κ1) is 15.0. The van der Waals surface area contributed by atoms with Crippen LogP contribution in [0.15, 0.2) is 41.4 Å². The number of furan rings is 1. The molecule has 24 heavy (non-hydrogen) atoms. The van der Waals surface area contributed by atoms with E-state index in [1.165, 1.54) is 10.5 Å². The minimum Gasteiger partial charge on any atom is -0.464 e. The molecule has 4 rings (SSSR count). The Hall–Kier alpha value is -2.60. The molecule has 0 saturated carbocycles. The van der Waals surface area contributed by atoms with E-state index in [9.17, 15) is 4.79 Å². The molecule has 3 heterocycles. The molecular weight excluding hydrogens is 304 g/mol. The first-order valence-electron chi connectivity index (χ1n) is 8.19. The van der Waals surface area contributed by atoms with E-state index in [2.05, 4.69) is 21.9 Å². The number of aromatic nitrogens is 2. The third kappa shape index (κ3) is 2.59. The van der Waals surface area contributed by atoms with Crippen LogP contribution in [0.4, 0.5) is 11.5 Å². The second kappa shape index (κ2) is 6.13. The Kier molecular flexibility index (Phi) is 3.82. The van der Waals surface area contributed by atoms with Crippen molar-refractivity contribution in [1.29, 1.82) is 0 Å². The Morgan fingerprint density at radius 1 is 1.38 bits per heavy atom. The third-order valence-corrected chi connectivity index (χ3v) is 4.86. The number of rotatable bonds is 4. The molecule has 0 spiro atoms. The number of imidazole rings is 1. The van der Waals surface area contributed by atoms with Gasteiger partial charge in [-0.2, -0.15) is 0 Å². The molecule has 1 aromatic carbocycles. The molecule has 1 amide bonds. The third-order valence-electron chi connectivity index (χ3n) is 4.86. The number of hydrogen-bond donors (Lipinski definition) is 1. The average molecular weight is 324 g/mol. The minimum atomic E-state index is 0.507. The summed E-state index contributed by atoms with van der Waals surface area (Å²) in [5.74, 6) is 1.08. The molecule has 3 aromatic rings. The normalized spacial score (nSPS) is 16.5. The standard InChI is InChI=1S/C18H20N4O2/c1-21-6-4-13(5-7-21)16-10-24-17-3-2-14(8-15(16)17)22(12-23)18-9-19-11-20-18/h2-3,8-13H,4-7H2,1H3,(H,19,20). The second-order valence-electron chi connectivity index (χ2n) is 6.35. The zero-order valence-electron chi connectivity index (χ0n) is 13.6. The van der Waals surface area contributed by atoms with E-state index < -0.39 is 0 Å². The summed E-state index contributed by atoms with van der Waals surface area (Å²) in [5.41, 5.74) is 2.90. The van der Waals surface area contributed by atoms with Gasteiger partial charge in [-0.3, -0.25) is 9.69 Å². The van der Waals surface area contributed by atoms with E-state index in [0.717, 1.165) is 49.0 Å². The maximum absolute atomic E-state index is 11.5. The number of H-pyrrole nitrogens is 1. The van der Waals surface area contributed by atoms with Crippen LogP contribution in [0.5, 0.6) is 0 Å². The lowest BCUT2D eigenvalue weighted by Crippen LogP contribution is -2.29. The zero-order valence-corrected chi connectivity index (χ0v) is 13.6. The quantitative estimate of drug-likeness (QED) is 0.748. The molecule has 0 radical (unpaired) electrons. The molecule has 1 aliphatic rings. The summed E-state index contributed by atoms with van der Waals surface area (Å²) in [6.45, 7) is 2.20. The van der Waals surface area contributed by atoms with Gasteiger partial charge < -0.3 is 14.3 Å². The van der Waals surface area contributed by atoms with Crippen molar-refractivity contribution in [3.05, 3.63) is 42.5 Å². The van der Waals surface area contributed by atoms with Crippen LogP contribution >= 0.6 is 0 Å². The van der Waals surface area contributed by atoms with E-state index in [1.807, 2.05) is 24.5 Å². The van der Waals surface area contributed by atoms with Crippen molar-refractivity contribution in [2.45, 2.75) is 18.8 Å². The van der Waals surface area contributed by atoms with Crippen LogP contribution in [0, 0.1) is 0 Å². The Labute approximate surface area is 140 Å². The number of benzene rings is 1. The van der Waals surface area contributed by atoms with Crippen LogP contribution in [0.3, 0.4) is 0 Å². The Balaban J connectivity index is 1.72. The number of hydrogen-bond acceptors (Lipinski definition) is 4. The van der Waals surface area contributed by atoms with Crippen LogP contribution in [0.2, 0.25) is 0 Å². The lowest BCUT2D eigenvalue weighted by Gasteiger charge is -2.28. The number of carbonyl (C=O) groups is 1. The number of aromatic amines is 1. The molecule has 1 N–H and O–H groups in total. The number of anilines is 2. The highest BCUT2D eigenvalue weighted by atomic mass is 16.3. The van der Waals surface area contributed by atoms with Gasteiger partial charge in [-0.15, -0.1) is 0 Å². The average Bonchev–Trinajstić information content (AvgIpc) is 3.26. The molecule has 0 bridgehead atoms. The lowest BCUT2D eigenvalue weighted by molar-refractivity contribution is -0.106. The zero-order chi connectivity index (χ0) is 16.5. The number of piperidine rings is 1. The van der Waals surface area contributed by atoms with Crippen molar-refractivity contribution >= 4 is 28.9 Å². The maximum atomic E-state index is 11.5. The summed E-state index contributed by atoms with van der Waals surface area (Å²) in [4.78, 5) is 22.5. The topological polar surface area (TPSA) is 65.4 Å². The number of nitrogens with zero attached hydrogens (tertiary/aromatic N) is 3. The Morgan fingerprint density at radius 3 is 2.92 bits per heavy atom. The lowest BCUT2D eigenvalue weighted by atomic mass is 9.89. The van der Waals surface area contributed by atoms with Crippen molar-refractivity contribution in [3.8, 4) is 0 Å². The van der Waals surface area contributed by atoms with Gasteiger partial charge in [0.1, 0.15) is 5.58 Å². The van der Waals surface area contributed by atoms with Crippen molar-refractivity contribution in [1.82, 2.24) is 14.9 Å². The van der Waals surface area contributed by atoms with Gasteiger partial charge in [-0.1, -0.05) is 0 Å². The predicted octanol–water partition coefficient (Wildman–Crippen LogP) is 3.26. The van der Waals surface area contributed by atoms with Crippen LogP contribution in [0.25, 0.3) is 11.0 Å². The monoisotopic (exact) mass is 324 g/mol. The molecule has 0 aliphatic carbocycles. The van der Waals surface area contributed by atoms with E-state index in [0.29, 0.717) is 11.7 Å². The number of fused-ring (bicyclic) bond motifs is 1. The van der Waals surface area contributed by atoms with Gasteiger partial charge in [0.15, 0.2) is 5.82 Å². The first-order chi connectivity index (χ1) is 11.8. The number of nitrogens with one attached hydrogen (secondary N) is 1. The van der Waals surface area contributed by atoms with Gasteiger partial charge in [-0.05, 0) is 57.1 Å². The summed E-state index contributed by atoms with van der Waals surface area (Å²) in [6, 6.07) is 5.83. The van der Waals surface area contributed by atoms with Crippen LogP contribution < -0.4 is 4.90 Å². The Bertz CT molecular complexity index is 832. The summed E-state index contributed by atoms with van der Waals surface area (Å²) in [5, 5.41) is 1.09. The molecule has 1 saturated heterocycles. The molecule has 1 fully saturated rings. The van der Waals surface area contributed by atoms with Crippen molar-refractivity contribution in [2.75, 3.05) is 25.0 Å². The fourth-order valence-corrected chi connectivity index (χ4v) is 3.45. The van der Waals surface area contributed by atoms with Crippen molar-refractivity contribution in [3.63, 3.8) is 0 Å². The molecule has 124 valence electrons. The number of likely N-dealkylation sites (tertiary alicyclic amines) is 1. The smallest absolute Gasteiger partial charge is 0.219 e. The maximum Gasteiger partial charge on any atom is 0.219 e. The van der Waals surface area contributed by atoms with Gasteiger partial charge in [0.25, 0.3) is 0 Å². The molecule has 0 unspecified atom stereocenters. The fraction of sp³-hybridized carbons (Fsp3) is 0.333. The summed E-state index contributed by atoms with van der Waals surface area (Å²) >= 11 is 0. The van der Waals surface area contributed by atoms with Gasteiger partial charge in [0.05, 0.1) is 18.3 Å². The van der Waals surface area contributed by atoms with Crippen LogP contribution in [-0.4, -0.2) is 41.4 Å². The summed E-state index contributed by atoms with van der Waals surface area (Å²) < 4.78 is 5.75. The molecule has 1 aliphatic heterocycles. The SMILES string of the molecule is CN1CCC(c2coc3ccc(N(C=O)c4c[nH]cn4)cc23)CC1. The number of amides is 1. The first-order valence-corrected chi connectivity index (χ1v) is 8.19.